The van der Waals surface area contributed by atoms with E-state index in [1.165, 1.54) is 11.1 Å². The van der Waals surface area contributed by atoms with Crippen LogP contribution < -0.4 is 10.1 Å². The summed E-state index contributed by atoms with van der Waals surface area (Å²) in [5, 5.41) is 12.1. The molecule has 2 aromatic rings. The fraction of sp³-hybridized carbons (Fsp3) is 0.500. The second-order valence-electron chi connectivity index (χ2n) is 5.93. The Morgan fingerprint density at radius 2 is 2.29 bits per heavy atom. The molecule has 1 aromatic carbocycles. The van der Waals surface area contributed by atoms with Crippen LogP contribution >= 0.6 is 0 Å². The number of rotatable bonds is 3. The van der Waals surface area contributed by atoms with Crippen LogP contribution in [0.3, 0.4) is 0 Å². The lowest BCUT2D eigenvalue weighted by Crippen LogP contribution is -2.37. The van der Waals surface area contributed by atoms with Crippen molar-refractivity contribution in [3.63, 3.8) is 0 Å². The van der Waals surface area contributed by atoms with E-state index in [1.54, 1.807) is 0 Å². The number of aryl methyl sites for hydroxylation is 2. The SMILES string of the molecule is Cc1nnc2n1CC(NCc1ccc3c(c1)CCO3)CC2. The number of hydrogen-bond acceptors (Lipinski definition) is 4. The second kappa shape index (κ2) is 5.15. The van der Waals surface area contributed by atoms with E-state index < -0.39 is 0 Å². The van der Waals surface area contributed by atoms with E-state index in [9.17, 15) is 0 Å². The zero-order chi connectivity index (χ0) is 14.2. The highest BCUT2D eigenvalue weighted by Gasteiger charge is 2.21. The van der Waals surface area contributed by atoms with E-state index in [2.05, 4.69) is 38.3 Å². The Hall–Kier alpha value is -1.88. The van der Waals surface area contributed by atoms with E-state index >= 15 is 0 Å². The average Bonchev–Trinajstić information content (AvgIpc) is 3.11. The van der Waals surface area contributed by atoms with Crippen molar-refractivity contribution in [2.75, 3.05) is 6.61 Å². The van der Waals surface area contributed by atoms with Gasteiger partial charge in [-0.1, -0.05) is 12.1 Å². The predicted octanol–water partition coefficient (Wildman–Crippen LogP) is 1.63. The van der Waals surface area contributed by atoms with Crippen molar-refractivity contribution in [1.82, 2.24) is 20.1 Å². The van der Waals surface area contributed by atoms with Crippen LogP contribution in [0.15, 0.2) is 18.2 Å². The molecule has 2 aliphatic heterocycles. The van der Waals surface area contributed by atoms with Gasteiger partial charge in [0.15, 0.2) is 0 Å². The molecule has 0 saturated carbocycles. The third kappa shape index (κ3) is 2.42. The number of nitrogens with zero attached hydrogens (tertiary/aromatic N) is 3. The summed E-state index contributed by atoms with van der Waals surface area (Å²) in [5.41, 5.74) is 2.68. The fourth-order valence-corrected chi connectivity index (χ4v) is 3.24. The molecule has 1 aromatic heterocycles. The standard InChI is InChI=1S/C16H20N4O/c1-11-18-19-16-5-3-14(10-20(11)16)17-9-12-2-4-15-13(8-12)6-7-21-15/h2,4,8,14,17H,3,5-7,9-10H2,1H3. The van der Waals surface area contributed by atoms with Crippen molar-refractivity contribution >= 4 is 0 Å². The lowest BCUT2D eigenvalue weighted by molar-refractivity contribution is 0.356. The Balaban J connectivity index is 1.40. The molecule has 0 spiro atoms. The molecule has 0 bridgehead atoms. The van der Waals surface area contributed by atoms with Gasteiger partial charge in [-0.15, -0.1) is 10.2 Å². The summed E-state index contributed by atoms with van der Waals surface area (Å²) in [6, 6.07) is 7.03. The van der Waals surface area contributed by atoms with Crippen LogP contribution in [0.5, 0.6) is 5.75 Å². The number of nitrogens with one attached hydrogen (secondary N) is 1. The fourth-order valence-electron chi connectivity index (χ4n) is 3.24. The van der Waals surface area contributed by atoms with Gasteiger partial charge < -0.3 is 14.6 Å². The van der Waals surface area contributed by atoms with Gasteiger partial charge in [-0.25, -0.2) is 0 Å². The Labute approximate surface area is 124 Å². The number of fused-ring (bicyclic) bond motifs is 2. The van der Waals surface area contributed by atoms with E-state index in [4.69, 9.17) is 4.74 Å². The molecule has 2 aliphatic rings. The minimum atomic E-state index is 0.497. The summed E-state index contributed by atoms with van der Waals surface area (Å²) in [6.45, 7) is 4.74. The van der Waals surface area contributed by atoms with Gasteiger partial charge in [0.1, 0.15) is 17.4 Å². The minimum absolute atomic E-state index is 0.497. The van der Waals surface area contributed by atoms with Crippen LogP contribution in [-0.2, 0) is 25.9 Å². The highest BCUT2D eigenvalue weighted by molar-refractivity contribution is 5.39. The van der Waals surface area contributed by atoms with Gasteiger partial charge in [0.2, 0.25) is 0 Å². The molecule has 0 saturated heterocycles. The summed E-state index contributed by atoms with van der Waals surface area (Å²) >= 11 is 0. The number of ether oxygens (including phenoxy) is 1. The molecule has 5 heteroatoms. The molecule has 1 N–H and O–H groups in total. The quantitative estimate of drug-likeness (QED) is 0.930. The Morgan fingerprint density at radius 1 is 1.33 bits per heavy atom. The van der Waals surface area contributed by atoms with Crippen LogP contribution in [0.2, 0.25) is 0 Å². The first-order valence-corrected chi connectivity index (χ1v) is 7.66. The average molecular weight is 284 g/mol. The molecular formula is C16H20N4O. The van der Waals surface area contributed by atoms with Gasteiger partial charge in [-0.05, 0) is 30.5 Å². The molecule has 4 rings (SSSR count). The number of hydrogen-bond donors (Lipinski definition) is 1. The van der Waals surface area contributed by atoms with Gasteiger partial charge >= 0.3 is 0 Å². The molecule has 21 heavy (non-hydrogen) atoms. The van der Waals surface area contributed by atoms with Gasteiger partial charge in [0.25, 0.3) is 0 Å². The normalized spacial score (nSPS) is 20.0. The first-order valence-electron chi connectivity index (χ1n) is 7.66. The zero-order valence-electron chi connectivity index (χ0n) is 12.3. The zero-order valence-corrected chi connectivity index (χ0v) is 12.3. The van der Waals surface area contributed by atoms with Crippen LogP contribution in [0, 0.1) is 6.92 Å². The molecule has 1 atom stereocenters. The monoisotopic (exact) mass is 284 g/mol. The summed E-state index contributed by atoms with van der Waals surface area (Å²) in [6.07, 6.45) is 3.18. The van der Waals surface area contributed by atoms with Crippen molar-refractivity contribution in [2.45, 2.75) is 45.3 Å². The second-order valence-corrected chi connectivity index (χ2v) is 5.93. The summed E-state index contributed by atoms with van der Waals surface area (Å²) in [7, 11) is 0. The van der Waals surface area contributed by atoms with Crippen molar-refractivity contribution in [2.24, 2.45) is 0 Å². The van der Waals surface area contributed by atoms with Gasteiger partial charge in [0, 0.05) is 32.0 Å². The van der Waals surface area contributed by atoms with Crippen LogP contribution in [0.25, 0.3) is 0 Å². The number of aromatic nitrogens is 3. The Kier molecular flexibility index (Phi) is 3.15. The van der Waals surface area contributed by atoms with Crippen LogP contribution in [0.4, 0.5) is 0 Å². The molecule has 5 nitrogen and oxygen atoms in total. The van der Waals surface area contributed by atoms with Gasteiger partial charge in [-0.2, -0.15) is 0 Å². The molecule has 0 fully saturated rings. The third-order valence-corrected chi connectivity index (χ3v) is 4.48. The summed E-state index contributed by atoms with van der Waals surface area (Å²) < 4.78 is 7.79. The van der Waals surface area contributed by atoms with Crippen molar-refractivity contribution in [3.8, 4) is 5.75 Å². The van der Waals surface area contributed by atoms with Crippen molar-refractivity contribution in [3.05, 3.63) is 41.0 Å². The number of benzene rings is 1. The highest BCUT2D eigenvalue weighted by Crippen LogP contribution is 2.26. The smallest absolute Gasteiger partial charge is 0.133 e. The predicted molar refractivity (Wildman–Crippen MR) is 79.3 cm³/mol. The summed E-state index contributed by atoms with van der Waals surface area (Å²) in [4.78, 5) is 0. The topological polar surface area (TPSA) is 52.0 Å². The molecular weight excluding hydrogens is 264 g/mol. The maximum Gasteiger partial charge on any atom is 0.133 e. The minimum Gasteiger partial charge on any atom is -0.493 e. The van der Waals surface area contributed by atoms with Gasteiger partial charge in [0.05, 0.1) is 6.61 Å². The highest BCUT2D eigenvalue weighted by atomic mass is 16.5. The maximum absolute atomic E-state index is 5.55. The Morgan fingerprint density at radius 3 is 3.24 bits per heavy atom. The molecule has 110 valence electrons. The lowest BCUT2D eigenvalue weighted by Gasteiger charge is -2.25. The molecule has 1 unspecified atom stereocenters. The first-order chi connectivity index (χ1) is 10.3. The van der Waals surface area contributed by atoms with Gasteiger partial charge in [-0.3, -0.25) is 0 Å². The first kappa shape index (κ1) is 12.8. The largest absolute Gasteiger partial charge is 0.493 e. The Bertz CT molecular complexity index is 664. The van der Waals surface area contributed by atoms with E-state index in [-0.39, 0.29) is 0 Å². The maximum atomic E-state index is 5.55. The summed E-state index contributed by atoms with van der Waals surface area (Å²) in [5.74, 6) is 3.20. The van der Waals surface area contributed by atoms with E-state index in [1.807, 2.05) is 6.92 Å². The molecule has 0 amide bonds. The van der Waals surface area contributed by atoms with E-state index in [0.717, 1.165) is 56.4 Å². The van der Waals surface area contributed by atoms with Crippen molar-refractivity contribution in [1.29, 1.82) is 0 Å². The van der Waals surface area contributed by atoms with Crippen LogP contribution in [0.1, 0.15) is 29.2 Å². The lowest BCUT2D eigenvalue weighted by atomic mass is 10.1. The van der Waals surface area contributed by atoms with Crippen molar-refractivity contribution < 1.29 is 4.74 Å². The third-order valence-electron chi connectivity index (χ3n) is 4.48. The van der Waals surface area contributed by atoms with E-state index in [0.29, 0.717) is 6.04 Å². The molecule has 3 heterocycles. The van der Waals surface area contributed by atoms with Crippen LogP contribution in [-0.4, -0.2) is 27.4 Å². The molecule has 0 aliphatic carbocycles. The molecule has 0 radical (unpaired) electrons.